The third-order valence-corrected chi connectivity index (χ3v) is 4.55. The van der Waals surface area contributed by atoms with Crippen molar-refractivity contribution in [2.24, 2.45) is 0 Å². The van der Waals surface area contributed by atoms with Crippen molar-refractivity contribution in [3.05, 3.63) is 47.3 Å². The van der Waals surface area contributed by atoms with Crippen LogP contribution in [0.25, 0.3) is 0 Å². The third kappa shape index (κ3) is 2.81. The monoisotopic (exact) mass is 285 g/mol. The molecule has 1 aromatic carbocycles. The van der Waals surface area contributed by atoms with Gasteiger partial charge in [0, 0.05) is 31.0 Å². The molecule has 1 aromatic heterocycles. The zero-order valence-corrected chi connectivity index (χ0v) is 13.0. The van der Waals surface area contributed by atoms with Gasteiger partial charge in [0.05, 0.1) is 13.7 Å². The maximum Gasteiger partial charge on any atom is 0.119 e. The minimum Gasteiger partial charge on any atom is -0.497 e. The molecular formula is C17H23N3O. The van der Waals surface area contributed by atoms with E-state index < -0.39 is 0 Å². The van der Waals surface area contributed by atoms with Crippen molar-refractivity contribution in [2.75, 3.05) is 20.2 Å². The lowest BCUT2D eigenvalue weighted by molar-refractivity contribution is 0.187. The summed E-state index contributed by atoms with van der Waals surface area (Å²) in [5, 5.41) is 4.37. The quantitative estimate of drug-likeness (QED) is 0.865. The predicted molar refractivity (Wildman–Crippen MR) is 83.7 cm³/mol. The Kier molecular flexibility index (Phi) is 3.97. The van der Waals surface area contributed by atoms with Gasteiger partial charge in [-0.15, -0.1) is 0 Å². The molecule has 2 heterocycles. The Bertz CT molecular complexity index is 620. The summed E-state index contributed by atoms with van der Waals surface area (Å²) in [7, 11) is 1.73. The van der Waals surface area contributed by atoms with Gasteiger partial charge in [0.15, 0.2) is 0 Å². The summed E-state index contributed by atoms with van der Waals surface area (Å²) in [6.45, 7) is 7.48. The highest BCUT2D eigenvalue weighted by Crippen LogP contribution is 2.31. The van der Waals surface area contributed by atoms with Crippen LogP contribution in [0.4, 0.5) is 0 Å². The Morgan fingerprint density at radius 2 is 2.14 bits per heavy atom. The molecule has 0 N–H and O–H groups in total. The van der Waals surface area contributed by atoms with E-state index >= 15 is 0 Å². The Morgan fingerprint density at radius 1 is 1.29 bits per heavy atom. The highest BCUT2D eigenvalue weighted by Gasteiger charge is 2.24. The molecule has 4 nitrogen and oxygen atoms in total. The van der Waals surface area contributed by atoms with Gasteiger partial charge < -0.3 is 4.74 Å². The van der Waals surface area contributed by atoms with Crippen LogP contribution in [0.2, 0.25) is 0 Å². The fourth-order valence-corrected chi connectivity index (χ4v) is 3.13. The number of nitrogens with zero attached hydrogens (tertiary/aromatic N) is 3. The van der Waals surface area contributed by atoms with Crippen LogP contribution in [0, 0.1) is 6.92 Å². The first-order valence-corrected chi connectivity index (χ1v) is 7.58. The van der Waals surface area contributed by atoms with Gasteiger partial charge in [-0.1, -0.05) is 6.07 Å². The van der Waals surface area contributed by atoms with Crippen LogP contribution < -0.4 is 4.74 Å². The van der Waals surface area contributed by atoms with Crippen LogP contribution in [0.3, 0.4) is 0 Å². The van der Waals surface area contributed by atoms with Crippen molar-refractivity contribution in [3.8, 4) is 5.75 Å². The van der Waals surface area contributed by atoms with Gasteiger partial charge in [0.2, 0.25) is 0 Å². The fraction of sp³-hybridized carbons (Fsp3) is 0.471. The van der Waals surface area contributed by atoms with E-state index in [2.05, 4.69) is 52.8 Å². The fourth-order valence-electron chi connectivity index (χ4n) is 3.13. The van der Waals surface area contributed by atoms with E-state index in [0.717, 1.165) is 31.8 Å². The molecule has 0 aliphatic carbocycles. The molecule has 4 heteroatoms. The normalized spacial score (nSPS) is 18.5. The maximum absolute atomic E-state index is 5.37. The summed E-state index contributed by atoms with van der Waals surface area (Å²) in [5.74, 6) is 0.949. The average Bonchev–Trinajstić information content (AvgIpc) is 2.92. The predicted octanol–water partition coefficient (Wildman–Crippen LogP) is 2.82. The number of hydrogen-bond acceptors (Lipinski definition) is 3. The summed E-state index contributed by atoms with van der Waals surface area (Å²) in [6, 6.07) is 8.94. The van der Waals surface area contributed by atoms with Crippen LogP contribution >= 0.6 is 0 Å². The molecular weight excluding hydrogens is 262 g/mol. The minimum atomic E-state index is 0.430. The molecule has 2 aromatic rings. The molecule has 1 aliphatic rings. The highest BCUT2D eigenvalue weighted by atomic mass is 16.5. The number of benzene rings is 1. The van der Waals surface area contributed by atoms with E-state index in [1.54, 1.807) is 7.11 Å². The van der Waals surface area contributed by atoms with Crippen LogP contribution in [0.1, 0.15) is 29.8 Å². The van der Waals surface area contributed by atoms with E-state index in [1.165, 1.54) is 16.8 Å². The average molecular weight is 285 g/mol. The lowest BCUT2D eigenvalue weighted by Crippen LogP contribution is -2.36. The third-order valence-electron chi connectivity index (χ3n) is 4.55. The van der Waals surface area contributed by atoms with Gasteiger partial charge in [-0.05, 0) is 49.6 Å². The maximum atomic E-state index is 5.37. The van der Waals surface area contributed by atoms with Crippen LogP contribution in [0.5, 0.6) is 5.75 Å². The zero-order valence-electron chi connectivity index (χ0n) is 13.0. The number of rotatable bonds is 4. The van der Waals surface area contributed by atoms with Crippen LogP contribution in [0.15, 0.2) is 30.5 Å². The summed E-state index contributed by atoms with van der Waals surface area (Å²) in [6.07, 6.45) is 2.98. The Balaban J connectivity index is 1.72. The number of ether oxygens (including phenoxy) is 1. The lowest BCUT2D eigenvalue weighted by atomic mass is 9.93. The van der Waals surface area contributed by atoms with Crippen molar-refractivity contribution >= 4 is 0 Å². The molecule has 0 amide bonds. The molecule has 112 valence electrons. The molecule has 0 radical (unpaired) electrons. The topological polar surface area (TPSA) is 30.3 Å². The van der Waals surface area contributed by atoms with Gasteiger partial charge in [-0.2, -0.15) is 5.10 Å². The van der Waals surface area contributed by atoms with E-state index in [4.69, 9.17) is 4.74 Å². The van der Waals surface area contributed by atoms with Gasteiger partial charge in [-0.3, -0.25) is 9.58 Å². The molecule has 1 aliphatic heterocycles. The molecule has 0 fully saturated rings. The second-order valence-electron chi connectivity index (χ2n) is 5.72. The smallest absolute Gasteiger partial charge is 0.119 e. The molecule has 0 saturated heterocycles. The van der Waals surface area contributed by atoms with Crippen molar-refractivity contribution in [3.63, 3.8) is 0 Å². The van der Waals surface area contributed by atoms with E-state index in [-0.39, 0.29) is 0 Å². The Hall–Kier alpha value is -1.81. The molecule has 0 bridgehead atoms. The molecule has 0 saturated carbocycles. The summed E-state index contributed by atoms with van der Waals surface area (Å²) in [4.78, 5) is 2.53. The van der Waals surface area contributed by atoms with Crippen LogP contribution in [-0.2, 0) is 13.0 Å². The first-order chi connectivity index (χ1) is 10.2. The van der Waals surface area contributed by atoms with E-state index in [1.807, 2.05) is 6.20 Å². The lowest BCUT2D eigenvalue weighted by Gasteiger charge is -2.35. The highest BCUT2D eigenvalue weighted by molar-refractivity contribution is 5.39. The number of aromatic nitrogens is 2. The molecule has 3 rings (SSSR count). The van der Waals surface area contributed by atoms with Crippen molar-refractivity contribution in [1.82, 2.24) is 14.7 Å². The van der Waals surface area contributed by atoms with Gasteiger partial charge in [0.25, 0.3) is 0 Å². The molecule has 0 spiro atoms. The zero-order chi connectivity index (χ0) is 14.8. The second-order valence-corrected chi connectivity index (χ2v) is 5.72. The summed E-state index contributed by atoms with van der Waals surface area (Å²) in [5.41, 5.74) is 4.08. The molecule has 1 atom stereocenters. The van der Waals surface area contributed by atoms with Crippen molar-refractivity contribution in [1.29, 1.82) is 0 Å². The van der Waals surface area contributed by atoms with Crippen molar-refractivity contribution in [2.45, 2.75) is 32.9 Å². The van der Waals surface area contributed by atoms with Crippen molar-refractivity contribution < 1.29 is 4.74 Å². The SMILES string of the molecule is COc1ccc2c(c1)[C@@H](C)N(CCn1nccc1C)CC2. The number of methoxy groups -OCH3 is 1. The summed E-state index contributed by atoms with van der Waals surface area (Å²) < 4.78 is 7.44. The standard InChI is InChI=1S/C17H23N3O/c1-13-6-8-18-20(13)11-10-19-9-7-15-4-5-16(21-3)12-17(15)14(19)2/h4-6,8,12,14H,7,9-11H2,1-3H3/t14-/m1/s1. The first kappa shape index (κ1) is 14.1. The van der Waals surface area contributed by atoms with Gasteiger partial charge in [-0.25, -0.2) is 0 Å². The van der Waals surface area contributed by atoms with E-state index in [9.17, 15) is 0 Å². The molecule has 21 heavy (non-hydrogen) atoms. The Morgan fingerprint density at radius 3 is 2.86 bits per heavy atom. The van der Waals surface area contributed by atoms with Crippen LogP contribution in [-0.4, -0.2) is 34.9 Å². The second kappa shape index (κ2) is 5.90. The van der Waals surface area contributed by atoms with Gasteiger partial charge in [0.1, 0.15) is 5.75 Å². The Labute approximate surface area is 126 Å². The number of hydrogen-bond donors (Lipinski definition) is 0. The molecule has 0 unspecified atom stereocenters. The van der Waals surface area contributed by atoms with Gasteiger partial charge >= 0.3 is 0 Å². The largest absolute Gasteiger partial charge is 0.497 e. The first-order valence-electron chi connectivity index (χ1n) is 7.58. The number of aryl methyl sites for hydroxylation is 1. The number of fused-ring (bicyclic) bond motifs is 1. The van der Waals surface area contributed by atoms with E-state index in [0.29, 0.717) is 6.04 Å². The minimum absolute atomic E-state index is 0.430. The summed E-state index contributed by atoms with van der Waals surface area (Å²) >= 11 is 0.